The van der Waals surface area contributed by atoms with Crippen LogP contribution in [0.3, 0.4) is 0 Å². The number of hydrogen-bond donors (Lipinski definition) is 3. The van der Waals surface area contributed by atoms with Crippen molar-refractivity contribution in [3.05, 3.63) is 54.1 Å². The van der Waals surface area contributed by atoms with E-state index in [1.165, 1.54) is 0 Å². The summed E-state index contributed by atoms with van der Waals surface area (Å²) in [5.41, 5.74) is 7.85. The molecular formula is C21H25F3N2O4. The molecule has 0 spiro atoms. The van der Waals surface area contributed by atoms with Crippen LogP contribution in [-0.2, 0) is 4.79 Å². The van der Waals surface area contributed by atoms with Gasteiger partial charge in [0, 0.05) is 12.1 Å². The van der Waals surface area contributed by atoms with E-state index in [1.54, 1.807) is 12.1 Å². The Balaban J connectivity index is 0.000000553. The third-order valence-electron chi connectivity index (χ3n) is 3.68. The minimum atomic E-state index is -5.08. The summed E-state index contributed by atoms with van der Waals surface area (Å²) in [5, 5.41) is 10.5. The van der Waals surface area contributed by atoms with Crippen molar-refractivity contribution in [3.8, 4) is 16.9 Å². The normalized spacial score (nSPS) is 10.9. The number of hydrogen-bond acceptors (Lipinski definition) is 4. The quantitative estimate of drug-likeness (QED) is 0.559. The molecule has 9 heteroatoms. The minimum Gasteiger partial charge on any atom is -0.492 e. The number of halogens is 3. The van der Waals surface area contributed by atoms with Crippen LogP contribution in [0.15, 0.2) is 48.5 Å². The van der Waals surface area contributed by atoms with Gasteiger partial charge >= 0.3 is 12.1 Å². The van der Waals surface area contributed by atoms with Gasteiger partial charge in [0.25, 0.3) is 0 Å². The third-order valence-corrected chi connectivity index (χ3v) is 3.68. The van der Waals surface area contributed by atoms with Crippen LogP contribution in [0.1, 0.15) is 24.2 Å². The maximum absolute atomic E-state index is 11.1. The summed E-state index contributed by atoms with van der Waals surface area (Å²) in [6.07, 6.45) is -5.08. The van der Waals surface area contributed by atoms with E-state index in [9.17, 15) is 18.0 Å². The zero-order valence-electron chi connectivity index (χ0n) is 16.7. The molecule has 0 radical (unpaired) electrons. The summed E-state index contributed by atoms with van der Waals surface area (Å²) < 4.78 is 37.5. The molecule has 164 valence electrons. The largest absolute Gasteiger partial charge is 0.492 e. The number of carboxylic acid groups (broad SMARTS) is 1. The van der Waals surface area contributed by atoms with Crippen LogP contribution in [-0.4, -0.2) is 42.9 Å². The number of ether oxygens (including phenoxy) is 1. The average molecular weight is 426 g/mol. The van der Waals surface area contributed by atoms with E-state index in [2.05, 4.69) is 19.2 Å². The van der Waals surface area contributed by atoms with Gasteiger partial charge < -0.3 is 20.9 Å². The molecule has 0 unspecified atom stereocenters. The highest BCUT2D eigenvalue weighted by Gasteiger charge is 2.38. The lowest BCUT2D eigenvalue weighted by molar-refractivity contribution is -0.192. The maximum atomic E-state index is 11.1. The number of carboxylic acids is 1. The molecule has 0 saturated carbocycles. The van der Waals surface area contributed by atoms with E-state index in [-0.39, 0.29) is 0 Å². The molecule has 1 amide bonds. The average Bonchev–Trinajstić information content (AvgIpc) is 2.67. The van der Waals surface area contributed by atoms with Gasteiger partial charge in [0.1, 0.15) is 12.4 Å². The molecule has 0 aliphatic carbocycles. The van der Waals surface area contributed by atoms with Crippen LogP contribution in [0.4, 0.5) is 13.2 Å². The molecule has 2 rings (SSSR count). The van der Waals surface area contributed by atoms with E-state index in [0.717, 1.165) is 30.0 Å². The molecule has 0 aliphatic heterocycles. The maximum Gasteiger partial charge on any atom is 0.490 e. The highest BCUT2D eigenvalue weighted by atomic mass is 19.4. The Morgan fingerprint density at radius 1 is 1.10 bits per heavy atom. The minimum absolute atomic E-state index is 0.414. The molecule has 30 heavy (non-hydrogen) atoms. The van der Waals surface area contributed by atoms with Crippen molar-refractivity contribution >= 4 is 11.9 Å². The Morgan fingerprint density at radius 2 is 1.70 bits per heavy atom. The highest BCUT2D eigenvalue weighted by Crippen LogP contribution is 2.24. The first kappa shape index (κ1) is 25.0. The SMILES string of the molecule is CC(C)CNCCOc1cccc(-c2ccc(C(N)=O)cc2)c1.O=C(O)C(F)(F)F. The third kappa shape index (κ3) is 9.42. The van der Waals surface area contributed by atoms with Crippen LogP contribution in [0.5, 0.6) is 5.75 Å². The zero-order valence-corrected chi connectivity index (χ0v) is 16.7. The predicted molar refractivity (Wildman–Crippen MR) is 107 cm³/mol. The Labute approximate surface area is 172 Å². The van der Waals surface area contributed by atoms with Gasteiger partial charge in [-0.1, -0.05) is 38.1 Å². The number of primary amides is 1. The van der Waals surface area contributed by atoms with E-state index in [0.29, 0.717) is 18.1 Å². The van der Waals surface area contributed by atoms with E-state index >= 15 is 0 Å². The van der Waals surface area contributed by atoms with Gasteiger partial charge in [-0.15, -0.1) is 0 Å². The van der Waals surface area contributed by atoms with Crippen LogP contribution < -0.4 is 15.8 Å². The standard InChI is InChI=1S/C19H24N2O2.C2HF3O2/c1-14(2)13-21-10-11-23-18-5-3-4-17(12-18)15-6-8-16(9-7-15)19(20)22;3-2(4,5)1(6)7/h3-9,12,14,21H,10-11,13H2,1-2H3,(H2,20,22);(H,6,7). The molecule has 0 saturated heterocycles. The lowest BCUT2D eigenvalue weighted by Gasteiger charge is -2.10. The fourth-order valence-corrected chi connectivity index (χ4v) is 2.22. The van der Waals surface area contributed by atoms with Gasteiger partial charge in [-0.3, -0.25) is 4.79 Å². The molecule has 2 aromatic rings. The summed E-state index contributed by atoms with van der Waals surface area (Å²) in [4.78, 5) is 20.0. The van der Waals surface area contributed by atoms with Crippen LogP contribution in [0.25, 0.3) is 11.1 Å². The summed E-state index contributed by atoms with van der Waals surface area (Å²) >= 11 is 0. The van der Waals surface area contributed by atoms with Crippen molar-refractivity contribution in [2.75, 3.05) is 19.7 Å². The summed E-state index contributed by atoms with van der Waals surface area (Å²) in [6, 6.07) is 15.2. The molecule has 4 N–H and O–H groups in total. The number of rotatable bonds is 8. The fraction of sp³-hybridized carbons (Fsp3) is 0.333. The monoisotopic (exact) mass is 426 g/mol. The topological polar surface area (TPSA) is 102 Å². The van der Waals surface area contributed by atoms with E-state index in [4.69, 9.17) is 20.4 Å². The predicted octanol–water partition coefficient (Wildman–Crippen LogP) is 3.71. The number of carbonyl (C=O) groups excluding carboxylic acids is 1. The van der Waals surface area contributed by atoms with E-state index in [1.807, 2.05) is 36.4 Å². The number of alkyl halides is 3. The number of benzene rings is 2. The Hall–Kier alpha value is -3.07. The summed E-state index contributed by atoms with van der Waals surface area (Å²) in [7, 11) is 0. The van der Waals surface area contributed by atoms with Crippen molar-refractivity contribution in [2.24, 2.45) is 11.7 Å². The fourth-order valence-electron chi connectivity index (χ4n) is 2.22. The van der Waals surface area contributed by atoms with Crippen molar-refractivity contribution in [1.82, 2.24) is 5.32 Å². The molecule has 0 heterocycles. The second-order valence-corrected chi connectivity index (χ2v) is 6.72. The van der Waals surface area contributed by atoms with Gasteiger partial charge in [0.05, 0.1) is 0 Å². The van der Waals surface area contributed by atoms with Gasteiger partial charge in [-0.2, -0.15) is 13.2 Å². The smallest absolute Gasteiger partial charge is 0.490 e. The van der Waals surface area contributed by atoms with Crippen LogP contribution >= 0.6 is 0 Å². The number of amides is 1. The summed E-state index contributed by atoms with van der Waals surface area (Å²) in [5.74, 6) is -1.69. The number of carbonyl (C=O) groups is 2. The molecule has 0 aromatic heterocycles. The first-order chi connectivity index (χ1) is 14.0. The Morgan fingerprint density at radius 3 is 2.20 bits per heavy atom. The van der Waals surface area contributed by atoms with Crippen molar-refractivity contribution in [2.45, 2.75) is 20.0 Å². The van der Waals surface area contributed by atoms with E-state index < -0.39 is 18.1 Å². The molecule has 6 nitrogen and oxygen atoms in total. The lowest BCUT2D eigenvalue weighted by Crippen LogP contribution is -2.24. The van der Waals surface area contributed by atoms with Crippen LogP contribution in [0.2, 0.25) is 0 Å². The van der Waals surface area contributed by atoms with Gasteiger partial charge in [-0.25, -0.2) is 4.79 Å². The molecular weight excluding hydrogens is 401 g/mol. The highest BCUT2D eigenvalue weighted by molar-refractivity contribution is 5.93. The van der Waals surface area contributed by atoms with Crippen molar-refractivity contribution in [1.29, 1.82) is 0 Å². The zero-order chi connectivity index (χ0) is 22.7. The number of nitrogens with two attached hydrogens (primary N) is 1. The number of aliphatic carboxylic acids is 1. The lowest BCUT2D eigenvalue weighted by atomic mass is 10.0. The van der Waals surface area contributed by atoms with Gasteiger partial charge in [0.15, 0.2) is 0 Å². The van der Waals surface area contributed by atoms with Crippen LogP contribution in [0, 0.1) is 5.92 Å². The van der Waals surface area contributed by atoms with Crippen molar-refractivity contribution in [3.63, 3.8) is 0 Å². The summed E-state index contributed by atoms with van der Waals surface area (Å²) in [6.45, 7) is 6.82. The Kier molecular flexibility index (Phi) is 9.83. The molecule has 0 fully saturated rings. The number of nitrogens with one attached hydrogen (secondary N) is 1. The second-order valence-electron chi connectivity index (χ2n) is 6.72. The Bertz CT molecular complexity index is 822. The molecule has 0 atom stereocenters. The van der Waals surface area contributed by atoms with Gasteiger partial charge in [-0.05, 0) is 47.9 Å². The second kappa shape index (κ2) is 11.8. The first-order valence-electron chi connectivity index (χ1n) is 9.14. The molecule has 2 aromatic carbocycles. The first-order valence-corrected chi connectivity index (χ1v) is 9.14. The van der Waals surface area contributed by atoms with Crippen molar-refractivity contribution < 1.29 is 32.6 Å². The van der Waals surface area contributed by atoms with Gasteiger partial charge in [0.2, 0.25) is 5.91 Å². The molecule has 0 bridgehead atoms. The molecule has 0 aliphatic rings.